The molecule has 0 saturated carbocycles. The van der Waals surface area contributed by atoms with Gasteiger partial charge in [-0.05, 0) is 17.7 Å². The van der Waals surface area contributed by atoms with E-state index in [0.717, 1.165) is 16.6 Å². The fraction of sp³-hybridized carbons (Fsp3) is 0.417. The van der Waals surface area contributed by atoms with E-state index in [1.807, 2.05) is 24.3 Å². The zero-order chi connectivity index (χ0) is 12.1. The molecule has 1 aromatic rings. The lowest BCUT2D eigenvalue weighted by Gasteiger charge is -2.22. The third kappa shape index (κ3) is 3.80. The van der Waals surface area contributed by atoms with Gasteiger partial charge >= 0.3 is 0 Å². The molecule has 17 heavy (non-hydrogen) atoms. The van der Waals surface area contributed by atoms with Crippen LogP contribution in [-0.2, 0) is 16.1 Å². The molecule has 0 bridgehead atoms. The average molecular weight is 299 g/mol. The fourth-order valence-corrected chi connectivity index (χ4v) is 1.90. The monoisotopic (exact) mass is 298 g/mol. The Hall–Kier alpha value is -0.910. The number of nitrogens with one attached hydrogen (secondary N) is 2. The second kappa shape index (κ2) is 6.14. The van der Waals surface area contributed by atoms with Gasteiger partial charge in [0, 0.05) is 24.1 Å². The van der Waals surface area contributed by atoms with Crippen LogP contribution in [0, 0.1) is 0 Å². The second-order valence-electron chi connectivity index (χ2n) is 3.91. The minimum Gasteiger partial charge on any atom is -0.366 e. The van der Waals surface area contributed by atoms with Crippen LogP contribution < -0.4 is 10.6 Å². The summed E-state index contributed by atoms with van der Waals surface area (Å²) in [5, 5.41) is 6.00. The Morgan fingerprint density at radius 1 is 1.47 bits per heavy atom. The first-order chi connectivity index (χ1) is 8.25. The van der Waals surface area contributed by atoms with Gasteiger partial charge in [-0.3, -0.25) is 4.79 Å². The summed E-state index contributed by atoms with van der Waals surface area (Å²) in [6.45, 7) is 2.53. The molecule has 0 aromatic heterocycles. The SMILES string of the molecule is O=C(NCc1ccc(Br)cc1)C1CNCCO1. The minimum atomic E-state index is -0.362. The van der Waals surface area contributed by atoms with Gasteiger partial charge < -0.3 is 15.4 Å². The van der Waals surface area contributed by atoms with Crippen LogP contribution in [0.1, 0.15) is 5.56 Å². The Bertz CT molecular complexity index is 375. The van der Waals surface area contributed by atoms with E-state index >= 15 is 0 Å². The van der Waals surface area contributed by atoms with Crippen LogP contribution in [-0.4, -0.2) is 31.7 Å². The number of halogens is 1. The van der Waals surface area contributed by atoms with Crippen LogP contribution in [0.4, 0.5) is 0 Å². The molecule has 1 aliphatic rings. The summed E-state index contributed by atoms with van der Waals surface area (Å²) in [4.78, 5) is 11.8. The molecule has 1 saturated heterocycles. The standard InChI is InChI=1S/C12H15BrN2O2/c13-10-3-1-9(2-4-10)7-15-12(16)11-8-14-5-6-17-11/h1-4,11,14H,5-8H2,(H,15,16). The van der Waals surface area contributed by atoms with Gasteiger partial charge in [-0.2, -0.15) is 0 Å². The zero-order valence-corrected chi connectivity index (χ0v) is 11.0. The number of carbonyl (C=O) groups is 1. The molecule has 2 rings (SSSR count). The normalized spacial score (nSPS) is 19.9. The highest BCUT2D eigenvalue weighted by molar-refractivity contribution is 9.10. The molecule has 1 heterocycles. The van der Waals surface area contributed by atoms with E-state index in [0.29, 0.717) is 19.7 Å². The van der Waals surface area contributed by atoms with Gasteiger partial charge in [0.25, 0.3) is 5.91 Å². The topological polar surface area (TPSA) is 50.4 Å². The molecule has 0 radical (unpaired) electrons. The van der Waals surface area contributed by atoms with Crippen molar-refractivity contribution < 1.29 is 9.53 Å². The Labute approximate surface area is 109 Å². The first kappa shape index (κ1) is 12.5. The summed E-state index contributed by atoms with van der Waals surface area (Å²) in [5.74, 6) is -0.0554. The second-order valence-corrected chi connectivity index (χ2v) is 4.82. The Balaban J connectivity index is 1.81. The maximum Gasteiger partial charge on any atom is 0.250 e. The first-order valence-corrected chi connectivity index (χ1v) is 6.39. The highest BCUT2D eigenvalue weighted by atomic mass is 79.9. The first-order valence-electron chi connectivity index (χ1n) is 5.60. The number of benzene rings is 1. The van der Waals surface area contributed by atoms with Gasteiger partial charge in [0.1, 0.15) is 6.10 Å². The highest BCUT2D eigenvalue weighted by Crippen LogP contribution is 2.10. The van der Waals surface area contributed by atoms with Gasteiger partial charge in [0.15, 0.2) is 0 Å². The van der Waals surface area contributed by atoms with E-state index in [-0.39, 0.29) is 12.0 Å². The number of hydrogen-bond donors (Lipinski definition) is 2. The molecule has 5 heteroatoms. The minimum absolute atomic E-state index is 0.0554. The third-order valence-corrected chi connectivity index (χ3v) is 3.13. The summed E-state index contributed by atoms with van der Waals surface area (Å²) >= 11 is 3.37. The molecule has 0 spiro atoms. The predicted octanol–water partition coefficient (Wildman–Crippen LogP) is 1.05. The van der Waals surface area contributed by atoms with E-state index in [2.05, 4.69) is 26.6 Å². The smallest absolute Gasteiger partial charge is 0.250 e. The van der Waals surface area contributed by atoms with E-state index in [1.165, 1.54) is 0 Å². The van der Waals surface area contributed by atoms with E-state index in [4.69, 9.17) is 4.74 Å². The summed E-state index contributed by atoms with van der Waals surface area (Å²) in [6.07, 6.45) is -0.362. The quantitative estimate of drug-likeness (QED) is 0.877. The number of ether oxygens (including phenoxy) is 1. The van der Waals surface area contributed by atoms with Gasteiger partial charge in [-0.1, -0.05) is 28.1 Å². The largest absolute Gasteiger partial charge is 0.366 e. The van der Waals surface area contributed by atoms with Crippen LogP contribution >= 0.6 is 15.9 Å². The van der Waals surface area contributed by atoms with Crippen molar-refractivity contribution in [3.8, 4) is 0 Å². The lowest BCUT2D eigenvalue weighted by atomic mass is 10.2. The predicted molar refractivity (Wildman–Crippen MR) is 68.6 cm³/mol. The van der Waals surface area contributed by atoms with Crippen molar-refractivity contribution in [2.24, 2.45) is 0 Å². The van der Waals surface area contributed by atoms with Crippen LogP contribution in [0.2, 0.25) is 0 Å². The Kier molecular flexibility index (Phi) is 4.53. The van der Waals surface area contributed by atoms with Crippen molar-refractivity contribution in [1.82, 2.24) is 10.6 Å². The molecular formula is C12H15BrN2O2. The van der Waals surface area contributed by atoms with Crippen LogP contribution in [0.5, 0.6) is 0 Å². The van der Waals surface area contributed by atoms with E-state index in [9.17, 15) is 4.79 Å². The Morgan fingerprint density at radius 2 is 2.24 bits per heavy atom. The van der Waals surface area contributed by atoms with Crippen LogP contribution in [0.3, 0.4) is 0 Å². The molecule has 1 fully saturated rings. The maximum atomic E-state index is 11.8. The van der Waals surface area contributed by atoms with E-state index in [1.54, 1.807) is 0 Å². The molecule has 1 aromatic carbocycles. The molecular weight excluding hydrogens is 284 g/mol. The Morgan fingerprint density at radius 3 is 2.88 bits per heavy atom. The van der Waals surface area contributed by atoms with Crippen molar-refractivity contribution in [2.45, 2.75) is 12.6 Å². The summed E-state index contributed by atoms with van der Waals surface area (Å²) < 4.78 is 6.40. The third-order valence-electron chi connectivity index (χ3n) is 2.60. The molecule has 4 nitrogen and oxygen atoms in total. The van der Waals surface area contributed by atoms with Gasteiger partial charge in [-0.15, -0.1) is 0 Å². The average Bonchev–Trinajstić information content (AvgIpc) is 2.39. The lowest BCUT2D eigenvalue weighted by Crippen LogP contribution is -2.47. The molecule has 1 aliphatic heterocycles. The van der Waals surface area contributed by atoms with Crippen molar-refractivity contribution >= 4 is 21.8 Å². The lowest BCUT2D eigenvalue weighted by molar-refractivity contribution is -0.134. The highest BCUT2D eigenvalue weighted by Gasteiger charge is 2.20. The number of rotatable bonds is 3. The summed E-state index contributed by atoms with van der Waals surface area (Å²) in [6, 6.07) is 7.87. The summed E-state index contributed by atoms with van der Waals surface area (Å²) in [7, 11) is 0. The number of hydrogen-bond acceptors (Lipinski definition) is 3. The number of carbonyl (C=O) groups excluding carboxylic acids is 1. The molecule has 1 unspecified atom stereocenters. The van der Waals surface area contributed by atoms with Crippen molar-refractivity contribution in [1.29, 1.82) is 0 Å². The van der Waals surface area contributed by atoms with Crippen LogP contribution in [0.25, 0.3) is 0 Å². The number of amides is 1. The van der Waals surface area contributed by atoms with E-state index < -0.39 is 0 Å². The molecule has 1 amide bonds. The summed E-state index contributed by atoms with van der Waals surface area (Å²) in [5.41, 5.74) is 1.07. The van der Waals surface area contributed by atoms with Crippen LogP contribution in [0.15, 0.2) is 28.7 Å². The van der Waals surface area contributed by atoms with Gasteiger partial charge in [0.05, 0.1) is 6.61 Å². The maximum absolute atomic E-state index is 11.8. The van der Waals surface area contributed by atoms with Crippen molar-refractivity contribution in [2.75, 3.05) is 19.7 Å². The molecule has 2 N–H and O–H groups in total. The van der Waals surface area contributed by atoms with Gasteiger partial charge in [-0.25, -0.2) is 0 Å². The molecule has 0 aliphatic carbocycles. The number of morpholine rings is 1. The van der Waals surface area contributed by atoms with Crippen molar-refractivity contribution in [3.63, 3.8) is 0 Å². The van der Waals surface area contributed by atoms with Gasteiger partial charge in [0.2, 0.25) is 0 Å². The molecule has 1 atom stereocenters. The zero-order valence-electron chi connectivity index (χ0n) is 9.41. The van der Waals surface area contributed by atoms with Crippen molar-refractivity contribution in [3.05, 3.63) is 34.3 Å². The molecule has 92 valence electrons. The fourth-order valence-electron chi connectivity index (χ4n) is 1.64.